The van der Waals surface area contributed by atoms with Crippen LogP contribution in [0, 0.1) is 6.92 Å². The van der Waals surface area contributed by atoms with E-state index in [-0.39, 0.29) is 13.2 Å². The molecule has 0 aromatic heterocycles. The molecule has 1 aromatic rings. The predicted molar refractivity (Wildman–Crippen MR) is 110 cm³/mol. The van der Waals surface area contributed by atoms with E-state index in [9.17, 15) is 9.59 Å². The zero-order chi connectivity index (χ0) is 21.4. The molecule has 0 aliphatic carbocycles. The summed E-state index contributed by atoms with van der Waals surface area (Å²) in [5, 5.41) is 6.20. The van der Waals surface area contributed by atoms with Gasteiger partial charge in [-0.1, -0.05) is 24.3 Å². The number of ether oxygens (including phenoxy) is 3. The molecular weight excluding hydrogens is 372 g/mol. The average Bonchev–Trinajstić information content (AvgIpc) is 2.70. The van der Waals surface area contributed by atoms with Gasteiger partial charge in [-0.3, -0.25) is 0 Å². The maximum absolute atomic E-state index is 13.0. The number of hydrogen-bond acceptors (Lipinski definition) is 7. The summed E-state index contributed by atoms with van der Waals surface area (Å²) in [6, 6.07) is 7.68. The van der Waals surface area contributed by atoms with Crippen molar-refractivity contribution in [1.29, 1.82) is 0 Å². The van der Waals surface area contributed by atoms with Crippen LogP contribution in [0.1, 0.15) is 30.9 Å². The van der Waals surface area contributed by atoms with Crippen LogP contribution in [0.5, 0.6) is 0 Å². The van der Waals surface area contributed by atoms with Crippen molar-refractivity contribution in [2.45, 2.75) is 26.7 Å². The second-order valence-corrected chi connectivity index (χ2v) is 6.71. The Labute approximate surface area is 172 Å². The minimum atomic E-state index is -0.605. The topological polar surface area (TPSA) is 85.9 Å². The first-order chi connectivity index (χ1) is 14.0. The van der Waals surface area contributed by atoms with Crippen molar-refractivity contribution < 1.29 is 23.8 Å². The number of rotatable bonds is 9. The number of hydrogen-bond donors (Lipinski definition) is 2. The highest BCUT2D eigenvalue weighted by atomic mass is 16.5. The summed E-state index contributed by atoms with van der Waals surface area (Å²) in [6.07, 6.45) is 0. The van der Waals surface area contributed by atoms with Crippen molar-refractivity contribution in [1.82, 2.24) is 10.6 Å². The van der Waals surface area contributed by atoms with Gasteiger partial charge in [0.1, 0.15) is 0 Å². The lowest BCUT2D eigenvalue weighted by Crippen LogP contribution is -2.35. The molecule has 29 heavy (non-hydrogen) atoms. The van der Waals surface area contributed by atoms with Crippen LogP contribution in [0.2, 0.25) is 0 Å². The largest absolute Gasteiger partial charge is 0.466 e. The van der Waals surface area contributed by atoms with Gasteiger partial charge in [0.25, 0.3) is 0 Å². The SMILES string of the molecule is CCOC(=O)C1=C(COCCNC)NC(C)=C(C(=O)OC)C1c1ccccc1C. The molecule has 0 saturated heterocycles. The van der Waals surface area contributed by atoms with Crippen molar-refractivity contribution in [2.75, 3.05) is 40.5 Å². The lowest BCUT2D eigenvalue weighted by atomic mass is 9.78. The first kappa shape index (κ1) is 22.6. The van der Waals surface area contributed by atoms with Crippen molar-refractivity contribution in [2.24, 2.45) is 0 Å². The van der Waals surface area contributed by atoms with Gasteiger partial charge in [-0.05, 0) is 38.9 Å². The fraction of sp³-hybridized carbons (Fsp3) is 0.455. The number of aryl methyl sites for hydroxylation is 1. The van der Waals surface area contributed by atoms with Gasteiger partial charge in [-0.25, -0.2) is 9.59 Å². The quantitative estimate of drug-likeness (QED) is 0.484. The van der Waals surface area contributed by atoms with Crippen LogP contribution in [-0.4, -0.2) is 52.5 Å². The standard InChI is InChI=1S/C22H30N2O5/c1-6-29-22(26)20-17(13-28-12-11-23-4)24-15(3)18(21(25)27-5)19(20)16-10-8-7-9-14(16)2/h7-10,19,23-24H,6,11-13H2,1-5H3. The average molecular weight is 402 g/mol. The molecule has 158 valence electrons. The fourth-order valence-electron chi connectivity index (χ4n) is 3.41. The van der Waals surface area contributed by atoms with Crippen LogP contribution in [0.3, 0.4) is 0 Å². The Bertz CT molecular complexity index is 813. The molecule has 0 radical (unpaired) electrons. The Morgan fingerprint density at radius 3 is 2.48 bits per heavy atom. The van der Waals surface area contributed by atoms with Gasteiger partial charge in [-0.15, -0.1) is 0 Å². The van der Waals surface area contributed by atoms with E-state index >= 15 is 0 Å². The number of carbonyl (C=O) groups is 2. The number of dihydropyridines is 1. The zero-order valence-electron chi connectivity index (χ0n) is 17.8. The summed E-state index contributed by atoms with van der Waals surface area (Å²) in [5.41, 5.74) is 3.80. The highest BCUT2D eigenvalue weighted by Crippen LogP contribution is 2.40. The van der Waals surface area contributed by atoms with Gasteiger partial charge < -0.3 is 24.8 Å². The van der Waals surface area contributed by atoms with Gasteiger partial charge in [0.2, 0.25) is 0 Å². The molecule has 7 nitrogen and oxygen atoms in total. The number of benzene rings is 1. The number of nitrogens with one attached hydrogen (secondary N) is 2. The van der Waals surface area contributed by atoms with Gasteiger partial charge >= 0.3 is 11.9 Å². The smallest absolute Gasteiger partial charge is 0.336 e. The first-order valence-corrected chi connectivity index (χ1v) is 9.70. The second kappa shape index (κ2) is 10.8. The highest BCUT2D eigenvalue weighted by molar-refractivity contribution is 6.00. The summed E-state index contributed by atoms with van der Waals surface area (Å²) in [4.78, 5) is 25.7. The van der Waals surface area contributed by atoms with E-state index in [1.807, 2.05) is 38.2 Å². The van der Waals surface area contributed by atoms with Gasteiger partial charge in [-0.2, -0.15) is 0 Å². The molecule has 0 fully saturated rings. The molecule has 1 heterocycles. The van der Waals surface area contributed by atoms with Crippen LogP contribution >= 0.6 is 0 Å². The lowest BCUT2D eigenvalue weighted by molar-refractivity contribution is -0.139. The van der Waals surface area contributed by atoms with Crippen molar-refractivity contribution in [3.05, 3.63) is 57.9 Å². The van der Waals surface area contributed by atoms with Crippen molar-refractivity contribution >= 4 is 11.9 Å². The summed E-state index contributed by atoms with van der Waals surface area (Å²) in [5.74, 6) is -1.57. The Balaban J connectivity index is 2.62. The molecule has 1 unspecified atom stereocenters. The van der Waals surface area contributed by atoms with E-state index in [4.69, 9.17) is 14.2 Å². The second-order valence-electron chi connectivity index (χ2n) is 6.71. The van der Waals surface area contributed by atoms with Crippen LogP contribution in [0.15, 0.2) is 46.8 Å². The highest BCUT2D eigenvalue weighted by Gasteiger charge is 2.39. The van der Waals surface area contributed by atoms with Crippen LogP contribution in [0.4, 0.5) is 0 Å². The van der Waals surface area contributed by atoms with Gasteiger partial charge in [0, 0.05) is 12.2 Å². The number of methoxy groups -OCH3 is 1. The minimum absolute atomic E-state index is 0.198. The van der Waals surface area contributed by atoms with Crippen LogP contribution < -0.4 is 10.6 Å². The number of carbonyl (C=O) groups excluding carboxylic acids is 2. The summed E-state index contributed by atoms with van der Waals surface area (Å²) in [7, 11) is 3.18. The normalized spacial score (nSPS) is 16.5. The Morgan fingerprint density at radius 2 is 1.86 bits per heavy atom. The van der Waals surface area contributed by atoms with Gasteiger partial charge in [0.05, 0.1) is 49.7 Å². The third-order valence-electron chi connectivity index (χ3n) is 4.79. The maximum Gasteiger partial charge on any atom is 0.336 e. The molecule has 2 rings (SSSR count). The fourth-order valence-corrected chi connectivity index (χ4v) is 3.41. The van der Waals surface area contributed by atoms with Gasteiger partial charge in [0.15, 0.2) is 0 Å². The molecule has 0 spiro atoms. The molecule has 2 N–H and O–H groups in total. The van der Waals surface area contributed by atoms with E-state index < -0.39 is 17.9 Å². The monoisotopic (exact) mass is 402 g/mol. The van der Waals surface area contributed by atoms with E-state index in [0.717, 1.165) is 11.1 Å². The first-order valence-electron chi connectivity index (χ1n) is 9.70. The molecule has 1 atom stereocenters. The summed E-state index contributed by atoms with van der Waals surface area (Å²) < 4.78 is 16.1. The zero-order valence-corrected chi connectivity index (χ0v) is 17.8. The molecule has 0 amide bonds. The molecule has 7 heteroatoms. The van der Waals surface area contributed by atoms with E-state index in [1.165, 1.54) is 7.11 Å². The predicted octanol–water partition coefficient (Wildman–Crippen LogP) is 2.18. The van der Waals surface area contributed by atoms with E-state index in [0.29, 0.717) is 35.7 Å². The summed E-state index contributed by atoms with van der Waals surface area (Å²) in [6.45, 7) is 7.10. The Hall–Kier alpha value is -2.64. The van der Waals surface area contributed by atoms with Crippen LogP contribution in [-0.2, 0) is 23.8 Å². The molecule has 0 saturated carbocycles. The van der Waals surface area contributed by atoms with E-state index in [1.54, 1.807) is 13.8 Å². The maximum atomic E-state index is 13.0. The molecule has 0 bridgehead atoms. The lowest BCUT2D eigenvalue weighted by Gasteiger charge is -2.32. The summed E-state index contributed by atoms with van der Waals surface area (Å²) >= 11 is 0. The van der Waals surface area contributed by atoms with E-state index in [2.05, 4.69) is 10.6 Å². The third-order valence-corrected chi connectivity index (χ3v) is 4.79. The third kappa shape index (κ3) is 5.25. The van der Waals surface area contributed by atoms with Crippen LogP contribution in [0.25, 0.3) is 0 Å². The Morgan fingerprint density at radius 1 is 1.14 bits per heavy atom. The molecule has 1 aromatic carbocycles. The molecular formula is C22H30N2O5. The molecule has 1 aliphatic heterocycles. The number of esters is 2. The minimum Gasteiger partial charge on any atom is -0.466 e. The number of likely N-dealkylation sites (N-methyl/N-ethyl adjacent to an activating group) is 1. The van der Waals surface area contributed by atoms with Crippen molar-refractivity contribution in [3.63, 3.8) is 0 Å². The molecule has 1 aliphatic rings. The van der Waals surface area contributed by atoms with Crippen molar-refractivity contribution in [3.8, 4) is 0 Å². The Kier molecular flexibility index (Phi) is 8.42. The number of allylic oxidation sites excluding steroid dienone is 1.